The van der Waals surface area contributed by atoms with Gasteiger partial charge >= 0.3 is 0 Å². The van der Waals surface area contributed by atoms with Crippen LogP contribution in [0.2, 0.25) is 5.02 Å². The molecule has 1 aromatic carbocycles. The van der Waals surface area contributed by atoms with Crippen LogP contribution in [0.15, 0.2) is 18.2 Å². The number of halogens is 2. The Balaban J connectivity index is 2.20. The first-order valence-corrected chi connectivity index (χ1v) is 5.67. The van der Waals surface area contributed by atoms with Gasteiger partial charge in [-0.1, -0.05) is 17.7 Å². The summed E-state index contributed by atoms with van der Waals surface area (Å²) in [6.07, 6.45) is 0.538. The molecule has 2 unspecified atom stereocenters. The molecule has 0 saturated carbocycles. The molecule has 1 heterocycles. The van der Waals surface area contributed by atoms with Gasteiger partial charge in [0.05, 0.1) is 11.7 Å². The maximum absolute atomic E-state index is 13.6. The Labute approximate surface area is 99.0 Å². The van der Waals surface area contributed by atoms with Crippen LogP contribution in [-0.2, 0) is 11.2 Å². The minimum Gasteiger partial charge on any atom is -0.387 e. The van der Waals surface area contributed by atoms with E-state index in [0.29, 0.717) is 23.6 Å². The maximum atomic E-state index is 13.6. The second kappa shape index (κ2) is 4.32. The van der Waals surface area contributed by atoms with E-state index in [1.54, 1.807) is 19.1 Å². The molecule has 16 heavy (non-hydrogen) atoms. The number of benzene rings is 1. The second-order valence-electron chi connectivity index (χ2n) is 4.28. The average Bonchev–Trinajstić information content (AvgIpc) is 2.52. The van der Waals surface area contributed by atoms with E-state index in [1.165, 1.54) is 6.07 Å². The second-order valence-corrected chi connectivity index (χ2v) is 4.72. The third-order valence-electron chi connectivity index (χ3n) is 3.17. The Hall–Kier alpha value is -0.640. The summed E-state index contributed by atoms with van der Waals surface area (Å²) in [5.74, 6) is -0.375. The van der Waals surface area contributed by atoms with Crippen molar-refractivity contribution in [2.75, 3.05) is 6.61 Å². The highest BCUT2D eigenvalue weighted by Gasteiger charge is 2.39. The molecule has 1 aromatic rings. The van der Waals surface area contributed by atoms with E-state index in [4.69, 9.17) is 16.3 Å². The topological polar surface area (TPSA) is 29.5 Å². The van der Waals surface area contributed by atoms with Gasteiger partial charge in [0.2, 0.25) is 0 Å². The van der Waals surface area contributed by atoms with Gasteiger partial charge in [0.25, 0.3) is 0 Å². The summed E-state index contributed by atoms with van der Waals surface area (Å²) < 4.78 is 18.9. The van der Waals surface area contributed by atoms with E-state index in [1.807, 2.05) is 0 Å². The zero-order valence-electron chi connectivity index (χ0n) is 9.04. The summed E-state index contributed by atoms with van der Waals surface area (Å²) in [5, 5.41) is 10.6. The SMILES string of the molecule is CC1OCCC1(O)Cc1ccc(Cl)cc1F. The lowest BCUT2D eigenvalue weighted by Gasteiger charge is -2.26. The molecule has 0 spiro atoms. The molecule has 4 heteroatoms. The standard InChI is InChI=1S/C12H14ClFO2/c1-8-12(15,4-5-16-8)7-9-2-3-10(13)6-11(9)14/h2-3,6,8,15H,4-5,7H2,1H3. The maximum Gasteiger partial charge on any atom is 0.127 e. The number of ether oxygens (including phenoxy) is 1. The third-order valence-corrected chi connectivity index (χ3v) is 3.41. The molecule has 2 rings (SSSR count). The fourth-order valence-electron chi connectivity index (χ4n) is 2.00. The van der Waals surface area contributed by atoms with Crippen molar-refractivity contribution in [3.63, 3.8) is 0 Å². The number of hydrogen-bond donors (Lipinski definition) is 1. The van der Waals surface area contributed by atoms with E-state index < -0.39 is 5.60 Å². The Bertz CT molecular complexity index is 397. The zero-order chi connectivity index (χ0) is 11.8. The fourth-order valence-corrected chi connectivity index (χ4v) is 2.16. The molecule has 0 aromatic heterocycles. The molecule has 1 fully saturated rings. The van der Waals surface area contributed by atoms with Gasteiger partial charge in [-0.3, -0.25) is 0 Å². The van der Waals surface area contributed by atoms with Crippen molar-refractivity contribution in [2.45, 2.75) is 31.5 Å². The minimum atomic E-state index is -0.964. The van der Waals surface area contributed by atoms with Crippen LogP contribution in [0.25, 0.3) is 0 Å². The normalized spacial score (nSPS) is 29.6. The van der Waals surface area contributed by atoms with E-state index >= 15 is 0 Å². The summed E-state index contributed by atoms with van der Waals surface area (Å²) in [4.78, 5) is 0. The highest BCUT2D eigenvalue weighted by Crippen LogP contribution is 2.30. The molecule has 0 radical (unpaired) electrons. The van der Waals surface area contributed by atoms with E-state index in [9.17, 15) is 9.50 Å². The Kier molecular flexibility index (Phi) is 3.19. The first-order valence-electron chi connectivity index (χ1n) is 5.29. The monoisotopic (exact) mass is 244 g/mol. The molecule has 88 valence electrons. The predicted octanol–water partition coefficient (Wildman–Crippen LogP) is 2.56. The quantitative estimate of drug-likeness (QED) is 0.867. The first kappa shape index (κ1) is 11.8. The molecular weight excluding hydrogens is 231 g/mol. The highest BCUT2D eigenvalue weighted by atomic mass is 35.5. The third kappa shape index (κ3) is 2.21. The lowest BCUT2D eigenvalue weighted by atomic mass is 9.89. The molecule has 1 aliphatic heterocycles. The summed E-state index contributed by atoms with van der Waals surface area (Å²) >= 11 is 5.67. The van der Waals surface area contributed by atoms with Gasteiger partial charge in [0.15, 0.2) is 0 Å². The molecule has 1 N–H and O–H groups in total. The molecule has 2 atom stereocenters. The van der Waals surface area contributed by atoms with Crippen LogP contribution in [0.5, 0.6) is 0 Å². The van der Waals surface area contributed by atoms with Crippen LogP contribution in [-0.4, -0.2) is 23.4 Å². The summed E-state index contributed by atoms with van der Waals surface area (Å²) in [7, 11) is 0. The number of aliphatic hydroxyl groups is 1. The zero-order valence-corrected chi connectivity index (χ0v) is 9.80. The minimum absolute atomic E-state index is 0.261. The highest BCUT2D eigenvalue weighted by molar-refractivity contribution is 6.30. The van der Waals surface area contributed by atoms with E-state index in [2.05, 4.69) is 0 Å². The van der Waals surface area contributed by atoms with Crippen molar-refractivity contribution in [1.82, 2.24) is 0 Å². The molecule has 1 saturated heterocycles. The van der Waals surface area contributed by atoms with Crippen molar-refractivity contribution in [3.8, 4) is 0 Å². The van der Waals surface area contributed by atoms with Gasteiger partial charge in [-0.15, -0.1) is 0 Å². The smallest absolute Gasteiger partial charge is 0.127 e. The first-order chi connectivity index (χ1) is 7.51. The van der Waals surface area contributed by atoms with E-state index in [0.717, 1.165) is 0 Å². The van der Waals surface area contributed by atoms with Gasteiger partial charge in [0.1, 0.15) is 5.82 Å². The van der Waals surface area contributed by atoms with Crippen molar-refractivity contribution < 1.29 is 14.2 Å². The molecule has 1 aliphatic rings. The summed E-state index contributed by atoms with van der Waals surface area (Å²) in [5.41, 5.74) is -0.487. The van der Waals surface area contributed by atoms with Crippen molar-refractivity contribution in [3.05, 3.63) is 34.6 Å². The van der Waals surface area contributed by atoms with Crippen LogP contribution in [0.3, 0.4) is 0 Å². The molecule has 2 nitrogen and oxygen atoms in total. The Morgan fingerprint density at radius 2 is 2.38 bits per heavy atom. The van der Waals surface area contributed by atoms with Crippen molar-refractivity contribution >= 4 is 11.6 Å². The lowest BCUT2D eigenvalue weighted by molar-refractivity contribution is -0.0273. The van der Waals surface area contributed by atoms with Crippen LogP contribution < -0.4 is 0 Å². The van der Waals surface area contributed by atoms with Gasteiger partial charge < -0.3 is 9.84 Å². The average molecular weight is 245 g/mol. The van der Waals surface area contributed by atoms with Crippen LogP contribution in [0, 0.1) is 5.82 Å². The number of rotatable bonds is 2. The number of hydrogen-bond acceptors (Lipinski definition) is 2. The van der Waals surface area contributed by atoms with E-state index in [-0.39, 0.29) is 18.3 Å². The lowest BCUT2D eigenvalue weighted by Crippen LogP contribution is -2.38. The van der Waals surface area contributed by atoms with Crippen LogP contribution in [0.4, 0.5) is 4.39 Å². The van der Waals surface area contributed by atoms with Gasteiger partial charge in [-0.25, -0.2) is 4.39 Å². The largest absolute Gasteiger partial charge is 0.387 e. The van der Waals surface area contributed by atoms with Crippen molar-refractivity contribution in [1.29, 1.82) is 0 Å². The molecule has 0 aliphatic carbocycles. The summed E-state index contributed by atoms with van der Waals surface area (Å²) in [6.45, 7) is 2.33. The van der Waals surface area contributed by atoms with Crippen LogP contribution in [0.1, 0.15) is 18.9 Å². The van der Waals surface area contributed by atoms with Gasteiger partial charge in [-0.2, -0.15) is 0 Å². The Morgan fingerprint density at radius 1 is 1.62 bits per heavy atom. The summed E-state index contributed by atoms with van der Waals surface area (Å²) in [6, 6.07) is 4.51. The Morgan fingerprint density at radius 3 is 2.94 bits per heavy atom. The molecular formula is C12H14ClFO2. The van der Waals surface area contributed by atoms with Gasteiger partial charge in [0, 0.05) is 24.5 Å². The molecule has 0 bridgehead atoms. The predicted molar refractivity (Wildman–Crippen MR) is 60.1 cm³/mol. The van der Waals surface area contributed by atoms with Crippen molar-refractivity contribution in [2.24, 2.45) is 0 Å². The molecule has 0 amide bonds. The fraction of sp³-hybridized carbons (Fsp3) is 0.500. The van der Waals surface area contributed by atoms with Gasteiger partial charge in [-0.05, 0) is 24.6 Å². The van der Waals surface area contributed by atoms with Crippen LogP contribution >= 0.6 is 11.6 Å².